The third-order valence-corrected chi connectivity index (χ3v) is 3.45. The van der Waals surface area contributed by atoms with Crippen LogP contribution in [0.5, 0.6) is 0 Å². The van der Waals surface area contributed by atoms with Crippen LogP contribution in [0.3, 0.4) is 0 Å². The van der Waals surface area contributed by atoms with Crippen molar-refractivity contribution < 1.29 is 14.3 Å². The number of amides is 1. The maximum absolute atomic E-state index is 11.9. The number of carbonyl (C=O) groups is 2. The van der Waals surface area contributed by atoms with Gasteiger partial charge in [0.1, 0.15) is 12.4 Å². The van der Waals surface area contributed by atoms with Crippen molar-refractivity contribution in [3.8, 4) is 0 Å². The van der Waals surface area contributed by atoms with E-state index in [9.17, 15) is 9.59 Å². The van der Waals surface area contributed by atoms with Gasteiger partial charge in [-0.15, -0.1) is 0 Å². The predicted molar refractivity (Wildman–Crippen MR) is 71.8 cm³/mol. The Morgan fingerprint density at radius 3 is 3.16 bits per heavy atom. The highest BCUT2D eigenvalue weighted by Gasteiger charge is 2.32. The standard InChI is InChI=1S/C14H20N2O3/c1-2-19-14(18)9-5-7-11-6-3-4-8-12-15-10-13(17)16(11)12/h5,9,11H,2-4,6-8,10H2,1H3/b9-5+. The van der Waals surface area contributed by atoms with Gasteiger partial charge in [-0.3, -0.25) is 14.7 Å². The summed E-state index contributed by atoms with van der Waals surface area (Å²) in [6, 6.07) is 0.141. The molecule has 1 saturated heterocycles. The molecule has 0 aliphatic carbocycles. The lowest BCUT2D eigenvalue weighted by Gasteiger charge is -2.25. The third-order valence-electron chi connectivity index (χ3n) is 3.45. The molecule has 1 unspecified atom stereocenters. The second kappa shape index (κ2) is 6.50. The van der Waals surface area contributed by atoms with Crippen LogP contribution in [0, 0.1) is 0 Å². The molecule has 2 rings (SSSR count). The van der Waals surface area contributed by atoms with E-state index in [1.807, 2.05) is 4.90 Å². The van der Waals surface area contributed by atoms with Gasteiger partial charge < -0.3 is 4.74 Å². The highest BCUT2D eigenvalue weighted by Crippen LogP contribution is 2.24. The summed E-state index contributed by atoms with van der Waals surface area (Å²) in [4.78, 5) is 29.2. The molecule has 2 aliphatic rings. The normalized spacial score (nSPS) is 23.2. The molecule has 0 spiro atoms. The molecule has 1 amide bonds. The van der Waals surface area contributed by atoms with Crippen molar-refractivity contribution in [1.29, 1.82) is 0 Å². The summed E-state index contributed by atoms with van der Waals surface area (Å²) in [5.41, 5.74) is 0. The Balaban J connectivity index is 1.96. The average molecular weight is 264 g/mol. The van der Waals surface area contributed by atoms with Crippen molar-refractivity contribution >= 4 is 17.7 Å². The smallest absolute Gasteiger partial charge is 0.330 e. The van der Waals surface area contributed by atoms with E-state index < -0.39 is 0 Å². The Bertz CT molecular complexity index is 415. The maximum Gasteiger partial charge on any atom is 0.330 e. The van der Waals surface area contributed by atoms with E-state index in [4.69, 9.17) is 4.74 Å². The first kappa shape index (κ1) is 13.8. The average Bonchev–Trinajstić information content (AvgIpc) is 2.62. The second-order valence-corrected chi connectivity index (χ2v) is 4.79. The van der Waals surface area contributed by atoms with Crippen LogP contribution in [0.2, 0.25) is 0 Å². The molecular formula is C14H20N2O3. The molecular weight excluding hydrogens is 244 g/mol. The van der Waals surface area contributed by atoms with E-state index in [0.29, 0.717) is 13.0 Å². The van der Waals surface area contributed by atoms with Crippen LogP contribution in [-0.2, 0) is 14.3 Å². The lowest BCUT2D eigenvalue weighted by Crippen LogP contribution is -2.40. The van der Waals surface area contributed by atoms with E-state index in [2.05, 4.69) is 4.99 Å². The van der Waals surface area contributed by atoms with Crippen LogP contribution < -0.4 is 0 Å². The molecule has 5 heteroatoms. The number of carbonyl (C=O) groups excluding carboxylic acids is 2. The van der Waals surface area contributed by atoms with Gasteiger partial charge >= 0.3 is 5.97 Å². The van der Waals surface area contributed by atoms with Crippen LogP contribution in [0.15, 0.2) is 17.1 Å². The van der Waals surface area contributed by atoms with E-state index in [-0.39, 0.29) is 24.5 Å². The second-order valence-electron chi connectivity index (χ2n) is 4.79. The summed E-state index contributed by atoms with van der Waals surface area (Å²) < 4.78 is 4.83. The Hall–Kier alpha value is -1.65. The van der Waals surface area contributed by atoms with Gasteiger partial charge in [-0.2, -0.15) is 0 Å². The summed E-state index contributed by atoms with van der Waals surface area (Å²) in [7, 11) is 0. The van der Waals surface area contributed by atoms with Crippen LogP contribution in [0.4, 0.5) is 0 Å². The lowest BCUT2D eigenvalue weighted by molar-refractivity contribution is -0.137. The zero-order chi connectivity index (χ0) is 13.7. The Labute approximate surface area is 113 Å². The highest BCUT2D eigenvalue weighted by atomic mass is 16.5. The summed E-state index contributed by atoms with van der Waals surface area (Å²) in [5.74, 6) is 0.696. The third kappa shape index (κ3) is 3.43. The summed E-state index contributed by atoms with van der Waals surface area (Å²) in [5, 5.41) is 0. The Kier molecular flexibility index (Phi) is 4.71. The lowest BCUT2D eigenvalue weighted by atomic mass is 10.1. The molecule has 0 bridgehead atoms. The van der Waals surface area contributed by atoms with Crippen LogP contribution >= 0.6 is 0 Å². The number of rotatable bonds is 4. The molecule has 0 aromatic carbocycles. The SMILES string of the molecule is CCOC(=O)/C=C/CC1CCCCC2=NCC(=O)N21. The molecule has 5 nitrogen and oxygen atoms in total. The van der Waals surface area contributed by atoms with Gasteiger partial charge in [-0.1, -0.05) is 12.5 Å². The number of ether oxygens (including phenoxy) is 1. The fourth-order valence-electron chi connectivity index (χ4n) is 2.60. The zero-order valence-electron chi connectivity index (χ0n) is 11.3. The van der Waals surface area contributed by atoms with Crippen LogP contribution in [0.25, 0.3) is 0 Å². The number of amidine groups is 1. The van der Waals surface area contributed by atoms with Crippen molar-refractivity contribution in [2.24, 2.45) is 4.99 Å². The van der Waals surface area contributed by atoms with Crippen molar-refractivity contribution in [3.05, 3.63) is 12.2 Å². The predicted octanol–water partition coefficient (Wildman–Crippen LogP) is 1.68. The van der Waals surface area contributed by atoms with Gasteiger partial charge in [0.25, 0.3) is 0 Å². The molecule has 0 radical (unpaired) electrons. The number of hydrogen-bond acceptors (Lipinski definition) is 4. The number of hydrogen-bond donors (Lipinski definition) is 0. The molecule has 0 saturated carbocycles. The van der Waals surface area contributed by atoms with E-state index >= 15 is 0 Å². The van der Waals surface area contributed by atoms with Crippen molar-refractivity contribution in [3.63, 3.8) is 0 Å². The number of esters is 1. The minimum atomic E-state index is -0.322. The van der Waals surface area contributed by atoms with E-state index in [1.54, 1.807) is 13.0 Å². The van der Waals surface area contributed by atoms with Crippen LogP contribution in [0.1, 0.15) is 39.0 Å². The first-order valence-corrected chi connectivity index (χ1v) is 6.91. The number of aliphatic imine (C=N–C) groups is 1. The van der Waals surface area contributed by atoms with Gasteiger partial charge in [0.15, 0.2) is 0 Å². The molecule has 19 heavy (non-hydrogen) atoms. The minimum absolute atomic E-state index is 0.0893. The van der Waals surface area contributed by atoms with Crippen molar-refractivity contribution in [2.75, 3.05) is 13.2 Å². The number of nitrogens with zero attached hydrogens (tertiary/aromatic N) is 2. The van der Waals surface area contributed by atoms with Crippen LogP contribution in [-0.4, -0.2) is 41.8 Å². The molecule has 2 aliphatic heterocycles. The quantitative estimate of drug-likeness (QED) is 0.573. The number of fused-ring (bicyclic) bond motifs is 1. The maximum atomic E-state index is 11.9. The van der Waals surface area contributed by atoms with Gasteiger partial charge in [0, 0.05) is 18.5 Å². The molecule has 2 heterocycles. The first-order chi connectivity index (χ1) is 9.22. The summed E-state index contributed by atoms with van der Waals surface area (Å²) in [6.45, 7) is 2.45. The molecule has 0 N–H and O–H groups in total. The largest absolute Gasteiger partial charge is 0.463 e. The topological polar surface area (TPSA) is 59.0 Å². The summed E-state index contributed by atoms with van der Waals surface area (Å²) >= 11 is 0. The first-order valence-electron chi connectivity index (χ1n) is 6.91. The van der Waals surface area contributed by atoms with Crippen molar-refractivity contribution in [1.82, 2.24) is 4.90 Å². The minimum Gasteiger partial charge on any atom is -0.463 e. The Morgan fingerprint density at radius 1 is 1.53 bits per heavy atom. The molecule has 0 aromatic heterocycles. The van der Waals surface area contributed by atoms with E-state index in [0.717, 1.165) is 31.5 Å². The monoisotopic (exact) mass is 264 g/mol. The fourth-order valence-corrected chi connectivity index (χ4v) is 2.60. The zero-order valence-corrected chi connectivity index (χ0v) is 11.3. The van der Waals surface area contributed by atoms with Gasteiger partial charge in [0.2, 0.25) is 5.91 Å². The Morgan fingerprint density at radius 2 is 2.37 bits per heavy atom. The fraction of sp³-hybridized carbons (Fsp3) is 0.643. The molecule has 0 aromatic rings. The van der Waals surface area contributed by atoms with Gasteiger partial charge in [0.05, 0.1) is 6.61 Å². The molecule has 1 atom stereocenters. The van der Waals surface area contributed by atoms with Crippen molar-refractivity contribution in [2.45, 2.75) is 45.1 Å². The molecule has 104 valence electrons. The highest BCUT2D eigenvalue weighted by molar-refractivity contribution is 6.04. The summed E-state index contributed by atoms with van der Waals surface area (Å²) in [6.07, 6.45) is 7.98. The van der Waals surface area contributed by atoms with Gasteiger partial charge in [-0.05, 0) is 26.2 Å². The molecule has 1 fully saturated rings. The van der Waals surface area contributed by atoms with E-state index in [1.165, 1.54) is 6.08 Å². The van der Waals surface area contributed by atoms with Gasteiger partial charge in [-0.25, -0.2) is 4.79 Å².